The number of carbonyl (C=O) groups excluding carboxylic acids is 1. The largest absolute Gasteiger partial charge is 0.336 e. The molecule has 2 amide bonds. The quantitative estimate of drug-likeness (QED) is 0.769. The van der Waals surface area contributed by atoms with Gasteiger partial charge in [-0.3, -0.25) is 4.98 Å². The molecule has 1 aromatic carbocycles. The van der Waals surface area contributed by atoms with E-state index >= 15 is 0 Å². The number of pyridine rings is 1. The molecular weight excluding hydrogens is 326 g/mol. The van der Waals surface area contributed by atoms with E-state index in [1.807, 2.05) is 49.3 Å². The fraction of sp³-hybridized carbons (Fsp3) is 0.350. The molecule has 0 aliphatic heterocycles. The molecule has 0 spiro atoms. The first-order valence-electron chi connectivity index (χ1n) is 8.94. The van der Waals surface area contributed by atoms with E-state index in [1.54, 1.807) is 17.3 Å². The lowest BCUT2D eigenvalue weighted by Gasteiger charge is -2.24. The molecule has 6 heteroatoms. The molecule has 1 aliphatic carbocycles. The van der Waals surface area contributed by atoms with Gasteiger partial charge in [0.1, 0.15) is 5.82 Å². The summed E-state index contributed by atoms with van der Waals surface area (Å²) in [6.45, 7) is 0.547. The minimum atomic E-state index is -0.0732. The van der Waals surface area contributed by atoms with Crippen molar-refractivity contribution in [2.24, 2.45) is 13.0 Å². The van der Waals surface area contributed by atoms with Crippen molar-refractivity contribution < 1.29 is 4.79 Å². The van der Waals surface area contributed by atoms with Gasteiger partial charge in [0.05, 0.1) is 6.04 Å². The van der Waals surface area contributed by atoms with E-state index in [4.69, 9.17) is 0 Å². The van der Waals surface area contributed by atoms with E-state index in [-0.39, 0.29) is 12.1 Å². The number of rotatable bonds is 5. The average Bonchev–Trinajstić information content (AvgIpc) is 3.41. The van der Waals surface area contributed by atoms with Gasteiger partial charge in [0.2, 0.25) is 0 Å². The molecule has 3 aromatic rings. The van der Waals surface area contributed by atoms with Crippen molar-refractivity contribution in [3.05, 3.63) is 60.4 Å². The Morgan fingerprint density at radius 2 is 2.19 bits per heavy atom. The van der Waals surface area contributed by atoms with Gasteiger partial charge >= 0.3 is 6.03 Å². The van der Waals surface area contributed by atoms with Crippen LogP contribution in [0.4, 0.5) is 4.79 Å². The maximum absolute atomic E-state index is 12.8. The first kappa shape index (κ1) is 16.6. The number of aromatic nitrogens is 3. The highest BCUT2D eigenvalue weighted by atomic mass is 16.2. The zero-order chi connectivity index (χ0) is 18.1. The molecule has 2 aromatic heterocycles. The highest BCUT2D eigenvalue weighted by molar-refractivity contribution is 5.85. The molecule has 1 fully saturated rings. The van der Waals surface area contributed by atoms with Crippen molar-refractivity contribution in [2.75, 3.05) is 7.05 Å². The molecule has 0 saturated heterocycles. The van der Waals surface area contributed by atoms with E-state index in [9.17, 15) is 4.79 Å². The van der Waals surface area contributed by atoms with Crippen molar-refractivity contribution in [1.82, 2.24) is 24.8 Å². The zero-order valence-corrected chi connectivity index (χ0v) is 15.1. The van der Waals surface area contributed by atoms with Crippen LogP contribution in [0, 0.1) is 5.92 Å². The van der Waals surface area contributed by atoms with Gasteiger partial charge in [-0.25, -0.2) is 9.78 Å². The molecule has 6 nitrogen and oxygen atoms in total. The lowest BCUT2D eigenvalue weighted by molar-refractivity contribution is 0.200. The third kappa shape index (κ3) is 3.27. The Hall–Kier alpha value is -2.89. The second kappa shape index (κ2) is 6.78. The summed E-state index contributed by atoms with van der Waals surface area (Å²) >= 11 is 0. The molecule has 1 saturated carbocycles. The van der Waals surface area contributed by atoms with Crippen LogP contribution >= 0.6 is 0 Å². The number of urea groups is 1. The van der Waals surface area contributed by atoms with Gasteiger partial charge in [-0.05, 0) is 35.8 Å². The number of benzene rings is 1. The van der Waals surface area contributed by atoms with Gasteiger partial charge in [0, 0.05) is 50.8 Å². The summed E-state index contributed by atoms with van der Waals surface area (Å²) in [6.07, 6.45) is 9.62. The van der Waals surface area contributed by atoms with Gasteiger partial charge in [0.15, 0.2) is 0 Å². The van der Waals surface area contributed by atoms with Crippen LogP contribution in [0.3, 0.4) is 0 Å². The number of aryl methyl sites for hydroxylation is 1. The highest BCUT2D eigenvalue weighted by Crippen LogP contribution is 2.40. The van der Waals surface area contributed by atoms with Crippen LogP contribution in [0.5, 0.6) is 0 Å². The van der Waals surface area contributed by atoms with Crippen molar-refractivity contribution in [1.29, 1.82) is 0 Å². The predicted molar refractivity (Wildman–Crippen MR) is 100 cm³/mol. The lowest BCUT2D eigenvalue weighted by atomic mass is 10.1. The Balaban J connectivity index is 1.50. The molecular formula is C20H23N5O. The van der Waals surface area contributed by atoms with Crippen molar-refractivity contribution >= 4 is 16.8 Å². The number of nitrogens with one attached hydrogen (secondary N) is 1. The Morgan fingerprint density at radius 3 is 2.92 bits per heavy atom. The maximum atomic E-state index is 12.8. The smallest absolute Gasteiger partial charge is 0.318 e. The van der Waals surface area contributed by atoms with Crippen LogP contribution in [0.1, 0.15) is 30.3 Å². The van der Waals surface area contributed by atoms with Crippen LogP contribution < -0.4 is 5.32 Å². The fourth-order valence-corrected chi connectivity index (χ4v) is 3.40. The van der Waals surface area contributed by atoms with Crippen LogP contribution in [0.25, 0.3) is 10.8 Å². The maximum Gasteiger partial charge on any atom is 0.318 e. The van der Waals surface area contributed by atoms with Crippen LogP contribution in [0.2, 0.25) is 0 Å². The van der Waals surface area contributed by atoms with Crippen LogP contribution in [0.15, 0.2) is 49.1 Å². The molecule has 1 N–H and O–H groups in total. The van der Waals surface area contributed by atoms with Crippen LogP contribution in [-0.4, -0.2) is 32.5 Å². The molecule has 134 valence electrons. The Bertz CT molecular complexity index is 925. The summed E-state index contributed by atoms with van der Waals surface area (Å²) in [7, 11) is 3.80. The Kier molecular flexibility index (Phi) is 4.32. The van der Waals surface area contributed by atoms with Crippen molar-refractivity contribution in [3.8, 4) is 0 Å². The van der Waals surface area contributed by atoms with Gasteiger partial charge in [-0.1, -0.05) is 18.2 Å². The summed E-state index contributed by atoms with van der Waals surface area (Å²) in [4.78, 5) is 23.1. The number of imidazole rings is 1. The average molecular weight is 349 g/mol. The molecule has 0 radical (unpaired) electrons. The van der Waals surface area contributed by atoms with Crippen LogP contribution in [-0.2, 0) is 13.6 Å². The third-order valence-electron chi connectivity index (χ3n) is 5.03. The number of hydrogen-bond donors (Lipinski definition) is 1. The third-order valence-corrected chi connectivity index (χ3v) is 5.03. The van der Waals surface area contributed by atoms with E-state index in [1.165, 1.54) is 0 Å². The molecule has 4 rings (SSSR count). The van der Waals surface area contributed by atoms with E-state index in [0.29, 0.717) is 12.5 Å². The minimum absolute atomic E-state index is 0.0262. The molecule has 1 atom stereocenters. The topological polar surface area (TPSA) is 63.1 Å². The monoisotopic (exact) mass is 349 g/mol. The Labute approximate surface area is 152 Å². The number of nitrogens with zero attached hydrogens (tertiary/aromatic N) is 4. The Morgan fingerprint density at radius 1 is 1.35 bits per heavy atom. The van der Waals surface area contributed by atoms with Gasteiger partial charge in [-0.2, -0.15) is 0 Å². The summed E-state index contributed by atoms with van der Waals surface area (Å²) in [5.41, 5.74) is 1.11. The predicted octanol–water partition coefficient (Wildman–Crippen LogP) is 3.26. The normalized spacial score (nSPS) is 15.0. The van der Waals surface area contributed by atoms with E-state index < -0.39 is 0 Å². The SMILES string of the molecule is CN(Cc1cccc2cnccc12)C(=O)NC(c1nccn1C)C1CC1. The van der Waals surface area contributed by atoms with Gasteiger partial charge in [0.25, 0.3) is 0 Å². The second-order valence-corrected chi connectivity index (χ2v) is 7.03. The number of amides is 2. The molecule has 2 heterocycles. The second-order valence-electron chi connectivity index (χ2n) is 7.03. The standard InChI is InChI=1S/C20H23N5O/c1-24-11-10-22-19(24)18(14-6-7-14)23-20(26)25(2)13-16-5-3-4-15-12-21-9-8-17(15)16/h3-5,8-12,14,18H,6-7,13H2,1-2H3,(H,23,26). The summed E-state index contributed by atoms with van der Waals surface area (Å²) in [6, 6.07) is 8.00. The molecule has 1 unspecified atom stereocenters. The fourth-order valence-electron chi connectivity index (χ4n) is 3.40. The van der Waals surface area contributed by atoms with E-state index in [0.717, 1.165) is 35.0 Å². The molecule has 26 heavy (non-hydrogen) atoms. The summed E-state index contributed by atoms with van der Waals surface area (Å²) < 4.78 is 1.99. The summed E-state index contributed by atoms with van der Waals surface area (Å²) in [5.74, 6) is 1.41. The highest BCUT2D eigenvalue weighted by Gasteiger charge is 2.36. The van der Waals surface area contributed by atoms with Gasteiger partial charge < -0.3 is 14.8 Å². The molecule has 0 bridgehead atoms. The van der Waals surface area contributed by atoms with Crippen molar-refractivity contribution in [2.45, 2.75) is 25.4 Å². The summed E-state index contributed by atoms with van der Waals surface area (Å²) in [5, 5.41) is 5.40. The minimum Gasteiger partial charge on any atom is -0.336 e. The zero-order valence-electron chi connectivity index (χ0n) is 15.1. The molecule has 1 aliphatic rings. The lowest BCUT2D eigenvalue weighted by Crippen LogP contribution is -2.40. The van der Waals surface area contributed by atoms with Crippen molar-refractivity contribution in [3.63, 3.8) is 0 Å². The first-order chi connectivity index (χ1) is 12.6. The van der Waals surface area contributed by atoms with Gasteiger partial charge in [-0.15, -0.1) is 0 Å². The van der Waals surface area contributed by atoms with E-state index in [2.05, 4.69) is 21.4 Å². The number of fused-ring (bicyclic) bond motifs is 1. The first-order valence-corrected chi connectivity index (χ1v) is 8.94. The number of hydrogen-bond acceptors (Lipinski definition) is 3. The number of carbonyl (C=O) groups is 1.